The number of fused-ring (bicyclic) bond motifs is 1. The summed E-state index contributed by atoms with van der Waals surface area (Å²) in [6, 6.07) is 36.3. The summed E-state index contributed by atoms with van der Waals surface area (Å²) in [5, 5.41) is 15.0. The summed E-state index contributed by atoms with van der Waals surface area (Å²) in [5.74, 6) is 0.931. The number of anilines is 1. The van der Waals surface area contributed by atoms with E-state index in [-0.39, 0.29) is 12.2 Å². The molecule has 0 unspecified atom stereocenters. The Hall–Kier alpha value is -5.25. The number of nitrogens with zero attached hydrogens (tertiary/aromatic N) is 1. The van der Waals surface area contributed by atoms with Gasteiger partial charge in [-0.05, 0) is 76.9 Å². The van der Waals surface area contributed by atoms with Crippen molar-refractivity contribution >= 4 is 40.0 Å². The fourth-order valence-corrected chi connectivity index (χ4v) is 4.81. The van der Waals surface area contributed by atoms with Crippen molar-refractivity contribution in [2.45, 2.75) is 20.1 Å². The molecule has 0 fully saturated rings. The lowest BCUT2D eigenvalue weighted by atomic mass is 10.1. The number of carbonyl (C=O) groups is 1. The molecule has 0 aromatic heterocycles. The van der Waals surface area contributed by atoms with Gasteiger partial charge in [0.2, 0.25) is 0 Å². The maximum atomic E-state index is 13.0. The summed E-state index contributed by atoms with van der Waals surface area (Å²) in [7, 11) is 0. The molecule has 6 nitrogen and oxygen atoms in total. The third-order valence-corrected chi connectivity index (χ3v) is 6.90. The Morgan fingerprint density at radius 1 is 0.860 bits per heavy atom. The lowest BCUT2D eigenvalue weighted by Gasteiger charge is -2.15. The number of hydrogen-bond acceptors (Lipinski definition) is 5. The van der Waals surface area contributed by atoms with Crippen LogP contribution >= 0.6 is 11.6 Å². The first kappa shape index (κ1) is 29.2. The van der Waals surface area contributed by atoms with Gasteiger partial charge in [0.1, 0.15) is 30.6 Å². The highest BCUT2D eigenvalue weighted by atomic mass is 35.5. The van der Waals surface area contributed by atoms with Crippen molar-refractivity contribution < 1.29 is 19.0 Å². The molecule has 5 rings (SSSR count). The van der Waals surface area contributed by atoms with Gasteiger partial charge in [0.05, 0.1) is 11.6 Å². The summed E-state index contributed by atoms with van der Waals surface area (Å²) in [4.78, 5) is 13.0. The molecule has 214 valence electrons. The molecule has 5 aromatic carbocycles. The molecule has 0 atom stereocenters. The largest absolute Gasteiger partial charge is 0.490 e. The van der Waals surface area contributed by atoms with Gasteiger partial charge in [-0.3, -0.25) is 4.79 Å². The number of rotatable bonds is 11. The summed E-state index contributed by atoms with van der Waals surface area (Å²) >= 11 is 6.64. The SMILES string of the molecule is CCOc1cc(/C=C(\C#N)C(=O)Nc2ccc(OCc3ccccc3)cc2)cc(Cl)c1OCc1cccc2ccccc12. The van der Waals surface area contributed by atoms with E-state index in [9.17, 15) is 10.1 Å². The molecule has 0 aliphatic rings. The van der Waals surface area contributed by atoms with E-state index in [1.807, 2.05) is 67.6 Å². The normalized spacial score (nSPS) is 11.0. The zero-order valence-electron chi connectivity index (χ0n) is 23.5. The minimum Gasteiger partial charge on any atom is -0.490 e. The standard InChI is InChI=1S/C36H29ClN2O4/c1-2-41-34-21-26(20-33(37)35(34)43-24-28-13-8-12-27-11-6-7-14-32(27)28)19-29(22-38)36(40)39-30-15-17-31(18-16-30)42-23-25-9-4-3-5-10-25/h3-21H,2,23-24H2,1H3,(H,39,40)/b29-19+. The summed E-state index contributed by atoms with van der Waals surface area (Å²) in [5.41, 5.74) is 3.04. The number of carbonyl (C=O) groups excluding carboxylic acids is 1. The van der Waals surface area contributed by atoms with Crippen molar-refractivity contribution in [3.05, 3.63) is 136 Å². The maximum absolute atomic E-state index is 13.0. The summed E-state index contributed by atoms with van der Waals surface area (Å²) in [6.45, 7) is 2.97. The Balaban J connectivity index is 1.28. The van der Waals surface area contributed by atoms with Crippen LogP contribution in [0, 0.1) is 11.3 Å². The molecule has 1 N–H and O–H groups in total. The third-order valence-electron chi connectivity index (χ3n) is 6.62. The van der Waals surface area contributed by atoms with Crippen LogP contribution in [0.2, 0.25) is 5.02 Å². The van der Waals surface area contributed by atoms with E-state index < -0.39 is 5.91 Å². The van der Waals surface area contributed by atoms with E-state index in [0.29, 0.717) is 46.7 Å². The van der Waals surface area contributed by atoms with Gasteiger partial charge in [-0.1, -0.05) is 84.4 Å². The van der Waals surface area contributed by atoms with Gasteiger partial charge in [0, 0.05) is 5.69 Å². The minimum atomic E-state index is -0.550. The lowest BCUT2D eigenvalue weighted by molar-refractivity contribution is -0.112. The number of nitrogens with one attached hydrogen (secondary N) is 1. The van der Waals surface area contributed by atoms with Crippen LogP contribution in [-0.4, -0.2) is 12.5 Å². The number of ether oxygens (including phenoxy) is 3. The van der Waals surface area contributed by atoms with Crippen molar-refractivity contribution in [2.75, 3.05) is 11.9 Å². The van der Waals surface area contributed by atoms with Gasteiger partial charge in [-0.25, -0.2) is 0 Å². The second kappa shape index (κ2) is 14.1. The summed E-state index contributed by atoms with van der Waals surface area (Å²) < 4.78 is 17.8. The van der Waals surface area contributed by atoms with Crippen LogP contribution in [0.3, 0.4) is 0 Å². The highest BCUT2D eigenvalue weighted by Gasteiger charge is 2.16. The van der Waals surface area contributed by atoms with Gasteiger partial charge in [0.25, 0.3) is 5.91 Å². The molecule has 0 spiro atoms. The summed E-state index contributed by atoms with van der Waals surface area (Å²) in [6.07, 6.45) is 1.47. The average Bonchev–Trinajstić information content (AvgIpc) is 3.03. The predicted octanol–water partition coefficient (Wildman–Crippen LogP) is 8.60. The average molecular weight is 589 g/mol. The van der Waals surface area contributed by atoms with E-state index in [4.69, 9.17) is 25.8 Å². The molecule has 0 aliphatic heterocycles. The maximum Gasteiger partial charge on any atom is 0.266 e. The molecular formula is C36H29ClN2O4. The van der Waals surface area contributed by atoms with Crippen molar-refractivity contribution in [1.82, 2.24) is 0 Å². The first-order valence-corrected chi connectivity index (χ1v) is 14.2. The van der Waals surface area contributed by atoms with E-state index in [2.05, 4.69) is 23.5 Å². The minimum absolute atomic E-state index is 0.0904. The van der Waals surface area contributed by atoms with Crippen LogP contribution < -0.4 is 19.5 Å². The lowest BCUT2D eigenvalue weighted by Crippen LogP contribution is -2.13. The number of amides is 1. The van der Waals surface area contributed by atoms with Crippen LogP contribution in [0.5, 0.6) is 17.2 Å². The highest BCUT2D eigenvalue weighted by molar-refractivity contribution is 6.32. The smallest absolute Gasteiger partial charge is 0.266 e. The quantitative estimate of drug-likeness (QED) is 0.123. The molecule has 1 amide bonds. The van der Waals surface area contributed by atoms with Crippen LogP contribution in [0.15, 0.2) is 115 Å². The van der Waals surface area contributed by atoms with Crippen LogP contribution in [0.1, 0.15) is 23.6 Å². The van der Waals surface area contributed by atoms with E-state index >= 15 is 0 Å². The molecule has 43 heavy (non-hydrogen) atoms. The molecule has 0 radical (unpaired) electrons. The number of hydrogen-bond donors (Lipinski definition) is 1. The number of benzene rings is 5. The Morgan fingerprint density at radius 3 is 2.37 bits per heavy atom. The van der Waals surface area contributed by atoms with Gasteiger partial charge in [0.15, 0.2) is 11.5 Å². The molecule has 5 aromatic rings. The molecule has 7 heteroatoms. The number of halogens is 1. The van der Waals surface area contributed by atoms with Gasteiger partial charge < -0.3 is 19.5 Å². The zero-order chi connectivity index (χ0) is 30.0. The number of nitriles is 1. The molecule has 0 bridgehead atoms. The van der Waals surface area contributed by atoms with Crippen LogP contribution in [0.25, 0.3) is 16.8 Å². The topological polar surface area (TPSA) is 80.6 Å². The Bertz CT molecular complexity index is 1790. The van der Waals surface area contributed by atoms with Crippen molar-refractivity contribution in [3.63, 3.8) is 0 Å². The molecule has 0 saturated carbocycles. The van der Waals surface area contributed by atoms with E-state index in [1.165, 1.54) is 6.08 Å². The fourth-order valence-electron chi connectivity index (χ4n) is 4.53. The second-order valence-corrected chi connectivity index (χ2v) is 10.0. The van der Waals surface area contributed by atoms with Gasteiger partial charge in [-0.2, -0.15) is 5.26 Å². The Morgan fingerprint density at radius 2 is 1.60 bits per heavy atom. The highest BCUT2D eigenvalue weighted by Crippen LogP contribution is 2.38. The molecule has 0 heterocycles. The Kier molecular flexibility index (Phi) is 9.58. The Labute approximate surface area is 255 Å². The third kappa shape index (κ3) is 7.53. The zero-order valence-corrected chi connectivity index (χ0v) is 24.3. The second-order valence-electron chi connectivity index (χ2n) is 9.61. The fraction of sp³-hybridized carbons (Fsp3) is 0.111. The van der Waals surface area contributed by atoms with Crippen molar-refractivity contribution in [3.8, 4) is 23.3 Å². The first-order chi connectivity index (χ1) is 21.0. The first-order valence-electron chi connectivity index (χ1n) is 13.8. The molecular weight excluding hydrogens is 560 g/mol. The van der Waals surface area contributed by atoms with E-state index in [0.717, 1.165) is 21.9 Å². The van der Waals surface area contributed by atoms with Gasteiger partial charge in [-0.15, -0.1) is 0 Å². The van der Waals surface area contributed by atoms with Crippen molar-refractivity contribution in [1.29, 1.82) is 5.26 Å². The predicted molar refractivity (Wildman–Crippen MR) is 170 cm³/mol. The molecule has 0 saturated heterocycles. The monoisotopic (exact) mass is 588 g/mol. The van der Waals surface area contributed by atoms with Crippen molar-refractivity contribution in [2.24, 2.45) is 0 Å². The van der Waals surface area contributed by atoms with Gasteiger partial charge >= 0.3 is 0 Å². The molecule has 0 aliphatic carbocycles. The van der Waals surface area contributed by atoms with E-state index in [1.54, 1.807) is 36.4 Å². The van der Waals surface area contributed by atoms with Crippen LogP contribution in [-0.2, 0) is 18.0 Å². The van der Waals surface area contributed by atoms with Crippen LogP contribution in [0.4, 0.5) is 5.69 Å².